The van der Waals surface area contributed by atoms with Crippen molar-refractivity contribution in [2.75, 3.05) is 14.2 Å². The molecular formula is C16H20O3. The second-order valence-corrected chi connectivity index (χ2v) is 6.02. The Kier molecular flexibility index (Phi) is 2.23. The number of methoxy groups -OCH3 is 2. The molecule has 0 saturated heterocycles. The average molecular weight is 260 g/mol. The van der Waals surface area contributed by atoms with Crippen LogP contribution in [0.15, 0.2) is 0 Å². The molecule has 3 aliphatic carbocycles. The van der Waals surface area contributed by atoms with Crippen molar-refractivity contribution in [1.82, 2.24) is 0 Å². The van der Waals surface area contributed by atoms with Gasteiger partial charge < -0.3 is 14.6 Å². The Balaban J connectivity index is 2.03. The predicted molar refractivity (Wildman–Crippen MR) is 72.0 cm³/mol. The molecule has 2 unspecified atom stereocenters. The average Bonchev–Trinajstić information content (AvgIpc) is 3.01. The minimum absolute atomic E-state index is 0.185. The van der Waals surface area contributed by atoms with Crippen LogP contribution in [0.1, 0.15) is 53.9 Å². The molecular weight excluding hydrogens is 240 g/mol. The zero-order chi connectivity index (χ0) is 13.2. The normalized spacial score (nSPS) is 30.5. The fourth-order valence-corrected chi connectivity index (χ4v) is 4.76. The van der Waals surface area contributed by atoms with Crippen LogP contribution in [0.25, 0.3) is 0 Å². The van der Waals surface area contributed by atoms with Crippen LogP contribution < -0.4 is 4.74 Å². The Morgan fingerprint density at radius 1 is 1.16 bits per heavy atom. The van der Waals surface area contributed by atoms with E-state index in [9.17, 15) is 5.11 Å². The molecule has 19 heavy (non-hydrogen) atoms. The molecule has 0 aromatic heterocycles. The van der Waals surface area contributed by atoms with Crippen molar-refractivity contribution in [3.63, 3.8) is 0 Å². The van der Waals surface area contributed by atoms with E-state index in [1.165, 1.54) is 24.0 Å². The molecule has 0 radical (unpaired) electrons. The lowest BCUT2D eigenvalue weighted by Crippen LogP contribution is -2.43. The van der Waals surface area contributed by atoms with Crippen LogP contribution in [0.2, 0.25) is 0 Å². The van der Waals surface area contributed by atoms with Crippen molar-refractivity contribution in [1.29, 1.82) is 0 Å². The van der Waals surface area contributed by atoms with Crippen LogP contribution in [0, 0.1) is 0 Å². The molecule has 1 aromatic rings. The number of rotatable bonds is 2. The van der Waals surface area contributed by atoms with Gasteiger partial charge in [-0.15, -0.1) is 0 Å². The summed E-state index contributed by atoms with van der Waals surface area (Å²) in [5, 5.41) is 10.5. The molecule has 3 aliphatic rings. The highest BCUT2D eigenvalue weighted by atomic mass is 16.5. The van der Waals surface area contributed by atoms with Crippen LogP contribution in [0.3, 0.4) is 0 Å². The third-order valence-corrected chi connectivity index (χ3v) is 5.48. The van der Waals surface area contributed by atoms with Crippen LogP contribution in [0.5, 0.6) is 11.5 Å². The van der Waals surface area contributed by atoms with Crippen LogP contribution in [-0.4, -0.2) is 19.3 Å². The fraction of sp³-hybridized carbons (Fsp3) is 0.625. The van der Waals surface area contributed by atoms with Crippen LogP contribution in [-0.2, 0) is 23.2 Å². The van der Waals surface area contributed by atoms with Gasteiger partial charge in [0.2, 0.25) is 0 Å². The number of benzene rings is 1. The number of ether oxygens (including phenoxy) is 2. The van der Waals surface area contributed by atoms with E-state index in [-0.39, 0.29) is 5.60 Å². The van der Waals surface area contributed by atoms with Crippen molar-refractivity contribution < 1.29 is 14.6 Å². The minimum Gasteiger partial charge on any atom is -0.504 e. The quantitative estimate of drug-likeness (QED) is 0.888. The Morgan fingerprint density at radius 2 is 1.95 bits per heavy atom. The highest BCUT2D eigenvalue weighted by molar-refractivity contribution is 5.69. The molecule has 2 atom stereocenters. The first-order valence-electron chi connectivity index (χ1n) is 7.24. The van der Waals surface area contributed by atoms with Crippen molar-refractivity contribution >= 4 is 0 Å². The van der Waals surface area contributed by atoms with E-state index in [2.05, 4.69) is 0 Å². The van der Waals surface area contributed by atoms with Crippen molar-refractivity contribution in [2.24, 2.45) is 0 Å². The molecule has 102 valence electrons. The molecule has 0 spiro atoms. The summed E-state index contributed by atoms with van der Waals surface area (Å²) in [5.74, 6) is 1.57. The summed E-state index contributed by atoms with van der Waals surface area (Å²) in [4.78, 5) is 0. The van der Waals surface area contributed by atoms with Crippen molar-refractivity contribution in [3.8, 4) is 11.5 Å². The van der Waals surface area contributed by atoms with E-state index in [1.807, 2.05) is 0 Å². The predicted octanol–water partition coefficient (Wildman–Crippen LogP) is 3.01. The molecule has 1 N–H and O–H groups in total. The Hall–Kier alpha value is -1.22. The third-order valence-electron chi connectivity index (χ3n) is 5.48. The van der Waals surface area contributed by atoms with Gasteiger partial charge in [-0.1, -0.05) is 0 Å². The summed E-state index contributed by atoms with van der Waals surface area (Å²) in [5.41, 5.74) is 4.94. The zero-order valence-electron chi connectivity index (χ0n) is 11.6. The van der Waals surface area contributed by atoms with Gasteiger partial charge in [0.1, 0.15) is 5.60 Å². The standard InChI is InChI=1S/C16H20O3/c1-18-15-13-12(9-5-3-6-10(9)14(15)17)11-7-4-8-16(11,13)19-2/h11,17H,3-8H2,1-2H3. The maximum atomic E-state index is 10.5. The summed E-state index contributed by atoms with van der Waals surface area (Å²) in [7, 11) is 3.45. The van der Waals surface area contributed by atoms with Crippen molar-refractivity contribution in [2.45, 2.75) is 50.0 Å². The lowest BCUT2D eigenvalue weighted by molar-refractivity contribution is -0.0487. The molecule has 1 fully saturated rings. The molecule has 4 rings (SSSR count). The first kappa shape index (κ1) is 11.6. The Bertz CT molecular complexity index is 564. The number of phenolic OH excluding ortho intramolecular Hbond substituents is 1. The number of hydrogen-bond acceptors (Lipinski definition) is 3. The van der Waals surface area contributed by atoms with E-state index in [4.69, 9.17) is 9.47 Å². The molecule has 1 saturated carbocycles. The summed E-state index contributed by atoms with van der Waals surface area (Å²) < 4.78 is 11.4. The highest BCUT2D eigenvalue weighted by Crippen LogP contribution is 2.67. The first-order chi connectivity index (χ1) is 9.24. The summed E-state index contributed by atoms with van der Waals surface area (Å²) in [6, 6.07) is 0. The molecule has 3 nitrogen and oxygen atoms in total. The van der Waals surface area contributed by atoms with E-state index >= 15 is 0 Å². The highest BCUT2D eigenvalue weighted by Gasteiger charge is 2.59. The maximum Gasteiger partial charge on any atom is 0.167 e. The monoisotopic (exact) mass is 260 g/mol. The van der Waals surface area contributed by atoms with Crippen molar-refractivity contribution in [3.05, 3.63) is 22.3 Å². The van der Waals surface area contributed by atoms with Gasteiger partial charge >= 0.3 is 0 Å². The van der Waals surface area contributed by atoms with Gasteiger partial charge in [-0.2, -0.15) is 0 Å². The summed E-state index contributed by atoms with van der Waals surface area (Å²) >= 11 is 0. The van der Waals surface area contributed by atoms with Gasteiger partial charge in [-0.3, -0.25) is 0 Å². The van der Waals surface area contributed by atoms with E-state index < -0.39 is 0 Å². The van der Waals surface area contributed by atoms with Crippen LogP contribution in [0.4, 0.5) is 0 Å². The molecule has 1 aromatic carbocycles. The number of hydrogen-bond donors (Lipinski definition) is 1. The third kappa shape index (κ3) is 1.14. The number of fused-ring (bicyclic) bond motifs is 6. The molecule has 3 heteroatoms. The van der Waals surface area contributed by atoms with Gasteiger partial charge in [0, 0.05) is 24.2 Å². The number of aromatic hydroxyl groups is 1. The lowest BCUT2D eigenvalue weighted by atomic mass is 9.63. The SMILES string of the molecule is COc1c(O)c2c(c3c1C1(OC)CCCC31)CCC2. The molecule has 0 aliphatic heterocycles. The van der Waals surface area contributed by atoms with Gasteiger partial charge in [0.15, 0.2) is 11.5 Å². The number of phenols is 1. The molecule has 0 heterocycles. The topological polar surface area (TPSA) is 38.7 Å². The van der Waals surface area contributed by atoms with E-state index in [1.54, 1.807) is 14.2 Å². The summed E-state index contributed by atoms with van der Waals surface area (Å²) in [6.45, 7) is 0. The lowest BCUT2D eigenvalue weighted by Gasteiger charge is -2.48. The van der Waals surface area contributed by atoms with E-state index in [0.717, 1.165) is 36.8 Å². The summed E-state index contributed by atoms with van der Waals surface area (Å²) in [6.07, 6.45) is 6.70. The largest absolute Gasteiger partial charge is 0.504 e. The van der Waals surface area contributed by atoms with Gasteiger partial charge in [0.05, 0.1) is 7.11 Å². The van der Waals surface area contributed by atoms with Gasteiger partial charge in [0.25, 0.3) is 0 Å². The first-order valence-corrected chi connectivity index (χ1v) is 7.24. The van der Waals surface area contributed by atoms with Crippen LogP contribution >= 0.6 is 0 Å². The molecule has 0 amide bonds. The second-order valence-electron chi connectivity index (χ2n) is 6.02. The smallest absolute Gasteiger partial charge is 0.167 e. The Labute approximate surface area is 113 Å². The fourth-order valence-electron chi connectivity index (χ4n) is 4.76. The minimum atomic E-state index is -0.185. The second kappa shape index (κ2) is 3.66. The Morgan fingerprint density at radius 3 is 2.68 bits per heavy atom. The van der Waals surface area contributed by atoms with Gasteiger partial charge in [-0.05, 0) is 49.7 Å². The zero-order valence-corrected chi connectivity index (χ0v) is 11.6. The van der Waals surface area contributed by atoms with Gasteiger partial charge in [-0.25, -0.2) is 0 Å². The van der Waals surface area contributed by atoms with E-state index in [0.29, 0.717) is 17.4 Å². The maximum absolute atomic E-state index is 10.5. The molecule has 0 bridgehead atoms.